The molecule has 0 aliphatic carbocycles. The zero-order valence-corrected chi connectivity index (χ0v) is 4.97. The van der Waals surface area contributed by atoms with Crippen LogP contribution in [-0.2, 0) is 24.6 Å². The van der Waals surface area contributed by atoms with Crippen LogP contribution in [0.4, 0.5) is 0 Å². The second-order valence-corrected chi connectivity index (χ2v) is 0.344. The fourth-order valence-electron chi connectivity index (χ4n) is 0. The molecule has 0 saturated carbocycles. The van der Waals surface area contributed by atoms with Gasteiger partial charge in [-0.1, -0.05) is 0 Å². The van der Waals surface area contributed by atoms with Gasteiger partial charge in [0, 0.05) is 0 Å². The summed E-state index contributed by atoms with van der Waals surface area (Å²) in [5.74, 6) is 0. The molecule has 0 heterocycles. The molecule has 0 radical (unpaired) electrons. The Balaban J connectivity index is 0. The van der Waals surface area contributed by atoms with Crippen molar-refractivity contribution < 1.29 is 24.6 Å². The average molecular weight is 129 g/mol. The van der Waals surface area contributed by atoms with Crippen molar-refractivity contribution in [3.8, 4) is 0 Å². The fourth-order valence-corrected chi connectivity index (χ4v) is 0. The van der Waals surface area contributed by atoms with Gasteiger partial charge in [-0.15, -0.1) is 0 Å². The van der Waals surface area contributed by atoms with Crippen molar-refractivity contribution in [3.05, 3.63) is 0 Å². The summed E-state index contributed by atoms with van der Waals surface area (Å²) in [7, 11) is 0. The van der Waals surface area contributed by atoms with Crippen molar-refractivity contribution in [2.24, 2.45) is 0 Å². The molecular formula is CH2AlFeO2. The first kappa shape index (κ1) is 9.10. The molecule has 2 nitrogen and oxygen atoms in total. The minimum atomic E-state index is 0.500. The topological polar surface area (TPSA) is 34.1 Å². The number of hydrogen-bond donors (Lipinski definition) is 0. The molecule has 0 N–H and O–H groups in total. The van der Waals surface area contributed by atoms with Crippen molar-refractivity contribution in [3.63, 3.8) is 0 Å². The van der Waals surface area contributed by atoms with E-state index in [1.165, 1.54) is 0 Å². The van der Waals surface area contributed by atoms with Gasteiger partial charge in [-0.25, -0.2) is 0 Å². The first-order valence-electron chi connectivity index (χ1n) is 0.729. The summed E-state index contributed by atoms with van der Waals surface area (Å²) >= 11 is 3.42. The van der Waals surface area contributed by atoms with Gasteiger partial charge in [0.15, 0.2) is 0 Å². The molecule has 0 saturated heterocycles. The third-order valence-electron chi connectivity index (χ3n) is 0. The van der Waals surface area contributed by atoms with Crippen LogP contribution in [0.15, 0.2) is 0 Å². The van der Waals surface area contributed by atoms with Crippen LogP contribution in [0, 0.1) is 0 Å². The first-order chi connectivity index (χ1) is 2.41. The molecule has 4 heteroatoms. The zero-order valence-electron chi connectivity index (χ0n) is 2.45. The normalized spacial score (nSPS) is 3.20. The molecule has 5 heavy (non-hydrogen) atoms. The molecule has 0 rings (SSSR count). The molecule has 0 aliphatic rings. The molecule has 0 fully saturated rings. The van der Waals surface area contributed by atoms with E-state index in [2.05, 4.69) is 16.0 Å². The van der Waals surface area contributed by atoms with Gasteiger partial charge in [0.25, 0.3) is 0 Å². The van der Waals surface area contributed by atoms with Crippen molar-refractivity contribution in [1.82, 2.24) is 0 Å². The predicted octanol–water partition coefficient (Wildman–Crippen LogP) is -1.04. The maximum absolute atomic E-state index is 8.69. The molecule has 0 spiro atoms. The Morgan fingerprint density at radius 1 is 1.60 bits per heavy atom. The third kappa shape index (κ3) is 106. The Hall–Kier alpha value is 0.522. The number of hydrogen-bond acceptors (Lipinski definition) is 2. The average Bonchev–Trinajstić information content (AvgIpc) is 1.46. The van der Waals surface area contributed by atoms with E-state index in [0.29, 0.717) is 21.4 Å². The van der Waals surface area contributed by atoms with Gasteiger partial charge in [-0.2, -0.15) is 0 Å². The van der Waals surface area contributed by atoms with Crippen LogP contribution in [0.5, 0.6) is 0 Å². The molecule has 0 amide bonds. The van der Waals surface area contributed by atoms with E-state index < -0.39 is 0 Å². The van der Waals surface area contributed by atoms with Crippen LogP contribution in [0.1, 0.15) is 0 Å². The van der Waals surface area contributed by atoms with Gasteiger partial charge in [0.2, 0.25) is 0 Å². The molecule has 0 unspecified atom stereocenters. The van der Waals surface area contributed by atoms with Gasteiger partial charge < -0.3 is 0 Å². The second-order valence-electron chi connectivity index (χ2n) is 0.0833. The van der Waals surface area contributed by atoms with Crippen molar-refractivity contribution >= 4 is 21.4 Å². The summed E-state index contributed by atoms with van der Waals surface area (Å²) in [5, 5.41) is 0.500. The Labute approximate surface area is 46.4 Å². The monoisotopic (exact) mass is 129 g/mol. The molecule has 0 atom stereocenters. The van der Waals surface area contributed by atoms with Crippen LogP contribution in [0.25, 0.3) is 0 Å². The summed E-state index contributed by atoms with van der Waals surface area (Å²) in [5.41, 5.74) is 0. The molecule has 0 bridgehead atoms. The Bertz CT molecular complexity index is 23.6. The van der Waals surface area contributed by atoms with Crippen LogP contribution in [0.3, 0.4) is 0 Å². The summed E-state index contributed by atoms with van der Waals surface area (Å²) < 4.78 is 8.28. The van der Waals surface area contributed by atoms with Crippen molar-refractivity contribution in [2.75, 3.05) is 0 Å². The fraction of sp³-hybridized carbons (Fsp3) is 0. The number of rotatable bonds is 0. The maximum atomic E-state index is 8.69. The predicted molar refractivity (Wildman–Crippen MR) is 14.6 cm³/mol. The van der Waals surface area contributed by atoms with Crippen LogP contribution >= 0.6 is 0 Å². The standard InChI is InChI=1S/CHO.Al.Fe.O.H/c1-2;;;;/h1H;;;;. The van der Waals surface area contributed by atoms with Gasteiger partial charge in [0.1, 0.15) is 0 Å². The summed E-state index contributed by atoms with van der Waals surface area (Å²) in [6, 6.07) is 0. The van der Waals surface area contributed by atoms with E-state index >= 15 is 0 Å². The Morgan fingerprint density at radius 2 is 1.60 bits per heavy atom. The molecule has 0 aromatic rings. The van der Waals surface area contributed by atoms with Crippen LogP contribution in [-0.4, -0.2) is 21.4 Å². The van der Waals surface area contributed by atoms with E-state index in [1.54, 1.807) is 0 Å². The van der Waals surface area contributed by atoms with E-state index in [-0.39, 0.29) is 0 Å². The van der Waals surface area contributed by atoms with Gasteiger partial charge in [0.05, 0.1) is 0 Å². The third-order valence-corrected chi connectivity index (χ3v) is 0. The zero-order chi connectivity index (χ0) is 4.71. The summed E-state index contributed by atoms with van der Waals surface area (Å²) in [6.45, 7) is 0. The summed E-state index contributed by atoms with van der Waals surface area (Å²) in [6.07, 6.45) is 0. The summed E-state index contributed by atoms with van der Waals surface area (Å²) in [4.78, 5) is 8.69. The van der Waals surface area contributed by atoms with Crippen LogP contribution < -0.4 is 0 Å². The molecule has 29 valence electrons. The van der Waals surface area contributed by atoms with Crippen molar-refractivity contribution in [1.29, 1.82) is 0 Å². The SMILES string of the molecule is O=[CH][Fe].[O]=[AlH]. The van der Waals surface area contributed by atoms with Crippen LogP contribution in [0.2, 0.25) is 0 Å². The number of carbonyl (C=O) groups is 1. The Kier molecular flexibility index (Phi) is 44.1. The van der Waals surface area contributed by atoms with E-state index in [9.17, 15) is 0 Å². The first-order valence-corrected chi connectivity index (χ1v) is 1.94. The van der Waals surface area contributed by atoms with E-state index in [4.69, 9.17) is 8.60 Å². The van der Waals surface area contributed by atoms with Gasteiger partial charge >= 0.3 is 46.0 Å². The quantitative estimate of drug-likeness (QED) is 0.309. The van der Waals surface area contributed by atoms with E-state index in [1.807, 2.05) is 0 Å². The van der Waals surface area contributed by atoms with E-state index in [0.717, 1.165) is 0 Å². The molecule has 0 aliphatic heterocycles. The molecular weight excluding hydrogens is 127 g/mol. The number of carbonyl (C=O) groups excluding carboxylic acids is 1. The van der Waals surface area contributed by atoms with Crippen molar-refractivity contribution in [2.45, 2.75) is 0 Å². The molecule has 0 aromatic carbocycles. The second kappa shape index (κ2) is 24.2. The van der Waals surface area contributed by atoms with Gasteiger partial charge in [-0.3, -0.25) is 0 Å². The Morgan fingerprint density at radius 3 is 1.60 bits per heavy atom. The minimum absolute atomic E-state index is 0.500. The molecule has 0 aromatic heterocycles. The van der Waals surface area contributed by atoms with Gasteiger partial charge in [-0.05, 0) is 0 Å².